The van der Waals surface area contributed by atoms with Gasteiger partial charge in [0.25, 0.3) is 0 Å². The molecule has 3 nitrogen and oxygen atoms in total. The fraction of sp³-hybridized carbons (Fsp3) is 0.556. The number of hydrogen-bond donors (Lipinski definition) is 2. The SMILES string of the molecule is CC(CCO)NCc1ccc(Br)o1. The van der Waals surface area contributed by atoms with Crippen LogP contribution in [-0.4, -0.2) is 17.8 Å². The number of halogens is 1. The van der Waals surface area contributed by atoms with Crippen molar-refractivity contribution >= 4 is 15.9 Å². The summed E-state index contributed by atoms with van der Waals surface area (Å²) in [4.78, 5) is 0. The lowest BCUT2D eigenvalue weighted by atomic mass is 10.2. The highest BCUT2D eigenvalue weighted by Crippen LogP contribution is 2.13. The zero-order valence-electron chi connectivity index (χ0n) is 7.59. The van der Waals surface area contributed by atoms with Gasteiger partial charge in [0.05, 0.1) is 6.54 Å². The van der Waals surface area contributed by atoms with E-state index in [1.807, 2.05) is 19.1 Å². The molecule has 0 aliphatic heterocycles. The van der Waals surface area contributed by atoms with Gasteiger partial charge in [0, 0.05) is 12.6 Å². The average Bonchev–Trinajstić information content (AvgIpc) is 2.49. The molecule has 1 atom stereocenters. The zero-order chi connectivity index (χ0) is 9.68. The van der Waals surface area contributed by atoms with E-state index in [-0.39, 0.29) is 6.61 Å². The van der Waals surface area contributed by atoms with Gasteiger partial charge in [0.2, 0.25) is 0 Å². The lowest BCUT2D eigenvalue weighted by molar-refractivity contribution is 0.267. The number of furan rings is 1. The van der Waals surface area contributed by atoms with E-state index < -0.39 is 0 Å². The van der Waals surface area contributed by atoms with E-state index in [9.17, 15) is 0 Å². The number of rotatable bonds is 5. The van der Waals surface area contributed by atoms with E-state index in [0.29, 0.717) is 12.6 Å². The maximum Gasteiger partial charge on any atom is 0.169 e. The molecule has 1 unspecified atom stereocenters. The van der Waals surface area contributed by atoms with E-state index in [4.69, 9.17) is 9.52 Å². The van der Waals surface area contributed by atoms with E-state index in [0.717, 1.165) is 16.9 Å². The molecule has 0 aliphatic carbocycles. The Morgan fingerprint density at radius 3 is 2.92 bits per heavy atom. The first-order chi connectivity index (χ1) is 6.22. The Hall–Kier alpha value is -0.320. The van der Waals surface area contributed by atoms with Crippen molar-refractivity contribution in [3.05, 3.63) is 22.6 Å². The van der Waals surface area contributed by atoms with Gasteiger partial charge >= 0.3 is 0 Å². The summed E-state index contributed by atoms with van der Waals surface area (Å²) >= 11 is 3.24. The molecule has 0 amide bonds. The van der Waals surface area contributed by atoms with Crippen LogP contribution in [0.25, 0.3) is 0 Å². The normalized spacial score (nSPS) is 13.2. The molecular weight excluding hydrogens is 234 g/mol. The summed E-state index contributed by atoms with van der Waals surface area (Å²) in [5, 5.41) is 11.9. The minimum absolute atomic E-state index is 0.218. The van der Waals surface area contributed by atoms with Crippen LogP contribution in [0, 0.1) is 0 Å². The second-order valence-corrected chi connectivity index (χ2v) is 3.78. The summed E-state index contributed by atoms with van der Waals surface area (Å²) in [7, 11) is 0. The molecule has 1 rings (SSSR count). The van der Waals surface area contributed by atoms with Gasteiger partial charge in [-0.2, -0.15) is 0 Å². The Balaban J connectivity index is 2.26. The Labute approximate surface area is 86.3 Å². The predicted molar refractivity (Wildman–Crippen MR) is 54.4 cm³/mol. The van der Waals surface area contributed by atoms with Crippen LogP contribution >= 0.6 is 15.9 Å². The van der Waals surface area contributed by atoms with Crippen molar-refractivity contribution in [3.63, 3.8) is 0 Å². The average molecular weight is 248 g/mol. The Morgan fingerprint density at radius 2 is 2.38 bits per heavy atom. The molecule has 1 aromatic rings. The maximum absolute atomic E-state index is 8.67. The van der Waals surface area contributed by atoms with Crippen LogP contribution in [0.1, 0.15) is 19.1 Å². The standard InChI is InChI=1S/C9H14BrNO2/c1-7(4-5-12)11-6-8-2-3-9(10)13-8/h2-3,7,11-12H,4-6H2,1H3. The fourth-order valence-electron chi connectivity index (χ4n) is 1.02. The van der Waals surface area contributed by atoms with Crippen molar-refractivity contribution in [2.24, 2.45) is 0 Å². The van der Waals surface area contributed by atoms with Crippen molar-refractivity contribution < 1.29 is 9.52 Å². The van der Waals surface area contributed by atoms with Crippen molar-refractivity contribution in [3.8, 4) is 0 Å². The predicted octanol–water partition coefficient (Wildman–Crippen LogP) is 1.90. The molecule has 0 aromatic carbocycles. The summed E-state index contributed by atoms with van der Waals surface area (Å²) in [6.45, 7) is 2.96. The van der Waals surface area contributed by atoms with Crippen LogP contribution in [-0.2, 0) is 6.54 Å². The molecule has 13 heavy (non-hydrogen) atoms. The van der Waals surface area contributed by atoms with E-state index in [1.165, 1.54) is 0 Å². The van der Waals surface area contributed by atoms with Gasteiger partial charge in [0.1, 0.15) is 5.76 Å². The highest BCUT2D eigenvalue weighted by Gasteiger charge is 2.02. The van der Waals surface area contributed by atoms with Gasteiger partial charge < -0.3 is 14.8 Å². The topological polar surface area (TPSA) is 45.4 Å². The van der Waals surface area contributed by atoms with Gasteiger partial charge in [-0.25, -0.2) is 0 Å². The summed E-state index contributed by atoms with van der Waals surface area (Å²) in [5.41, 5.74) is 0. The smallest absolute Gasteiger partial charge is 0.169 e. The quantitative estimate of drug-likeness (QED) is 0.836. The minimum atomic E-state index is 0.218. The molecule has 0 fully saturated rings. The first kappa shape index (κ1) is 10.8. The zero-order valence-corrected chi connectivity index (χ0v) is 9.17. The van der Waals surface area contributed by atoms with Gasteiger partial charge in [-0.15, -0.1) is 0 Å². The number of hydrogen-bond acceptors (Lipinski definition) is 3. The van der Waals surface area contributed by atoms with Crippen LogP contribution < -0.4 is 5.32 Å². The lowest BCUT2D eigenvalue weighted by Crippen LogP contribution is -2.26. The molecule has 4 heteroatoms. The number of nitrogens with one attached hydrogen (secondary N) is 1. The third-order valence-corrected chi connectivity index (χ3v) is 2.24. The molecule has 0 aliphatic rings. The molecule has 0 spiro atoms. The van der Waals surface area contributed by atoms with Gasteiger partial charge in [0.15, 0.2) is 4.67 Å². The fourth-order valence-corrected chi connectivity index (χ4v) is 1.36. The molecule has 1 heterocycles. The molecule has 0 bridgehead atoms. The second kappa shape index (κ2) is 5.42. The lowest BCUT2D eigenvalue weighted by Gasteiger charge is -2.10. The van der Waals surface area contributed by atoms with Crippen molar-refractivity contribution in [1.29, 1.82) is 0 Å². The van der Waals surface area contributed by atoms with Crippen molar-refractivity contribution in [1.82, 2.24) is 5.32 Å². The first-order valence-electron chi connectivity index (χ1n) is 4.31. The molecular formula is C9H14BrNO2. The third kappa shape index (κ3) is 3.93. The van der Waals surface area contributed by atoms with Crippen LogP contribution in [0.4, 0.5) is 0 Å². The summed E-state index contributed by atoms with van der Waals surface area (Å²) < 4.78 is 6.05. The van der Waals surface area contributed by atoms with E-state index in [1.54, 1.807) is 0 Å². The third-order valence-electron chi connectivity index (χ3n) is 1.82. The number of aliphatic hydroxyl groups excluding tert-OH is 1. The first-order valence-corrected chi connectivity index (χ1v) is 5.10. The highest BCUT2D eigenvalue weighted by molar-refractivity contribution is 9.10. The van der Waals surface area contributed by atoms with Crippen LogP contribution in [0.2, 0.25) is 0 Å². The van der Waals surface area contributed by atoms with Crippen LogP contribution in [0.3, 0.4) is 0 Å². The molecule has 1 aromatic heterocycles. The molecule has 0 radical (unpaired) electrons. The maximum atomic E-state index is 8.67. The van der Waals surface area contributed by atoms with E-state index >= 15 is 0 Å². The molecule has 74 valence electrons. The minimum Gasteiger partial charge on any atom is -0.453 e. The van der Waals surface area contributed by atoms with Gasteiger partial charge in [-0.1, -0.05) is 0 Å². The van der Waals surface area contributed by atoms with Gasteiger partial charge in [-0.05, 0) is 41.4 Å². The number of aliphatic hydroxyl groups is 1. The summed E-state index contributed by atoms with van der Waals surface area (Å²) in [6, 6.07) is 4.10. The van der Waals surface area contributed by atoms with Crippen LogP contribution in [0.15, 0.2) is 21.2 Å². The molecule has 0 saturated heterocycles. The Kier molecular flexibility index (Phi) is 4.48. The van der Waals surface area contributed by atoms with Crippen molar-refractivity contribution in [2.45, 2.75) is 25.9 Å². The Bertz CT molecular complexity index is 250. The molecule has 2 N–H and O–H groups in total. The van der Waals surface area contributed by atoms with Crippen molar-refractivity contribution in [2.75, 3.05) is 6.61 Å². The highest BCUT2D eigenvalue weighted by atomic mass is 79.9. The summed E-state index contributed by atoms with van der Waals surface area (Å²) in [6.07, 6.45) is 0.766. The second-order valence-electron chi connectivity index (χ2n) is 3.00. The Morgan fingerprint density at radius 1 is 1.62 bits per heavy atom. The van der Waals surface area contributed by atoms with Gasteiger partial charge in [-0.3, -0.25) is 0 Å². The monoisotopic (exact) mass is 247 g/mol. The van der Waals surface area contributed by atoms with Crippen LogP contribution in [0.5, 0.6) is 0 Å². The van der Waals surface area contributed by atoms with E-state index in [2.05, 4.69) is 21.2 Å². The summed E-state index contributed by atoms with van der Waals surface area (Å²) in [5.74, 6) is 0.900. The molecule has 0 saturated carbocycles. The largest absolute Gasteiger partial charge is 0.453 e.